The van der Waals surface area contributed by atoms with Crippen LogP contribution in [0.2, 0.25) is 5.02 Å². The van der Waals surface area contributed by atoms with Crippen LogP contribution in [-0.4, -0.2) is 36.1 Å². The average molecular weight is 388 g/mol. The highest BCUT2D eigenvalue weighted by molar-refractivity contribution is 6.30. The Morgan fingerprint density at radius 3 is 2.78 bits per heavy atom. The summed E-state index contributed by atoms with van der Waals surface area (Å²) in [6, 6.07) is 7.59. The van der Waals surface area contributed by atoms with Gasteiger partial charge in [-0.15, -0.1) is 0 Å². The predicted octanol–water partition coefficient (Wildman–Crippen LogP) is 4.23. The summed E-state index contributed by atoms with van der Waals surface area (Å²) < 4.78 is 10.9. The van der Waals surface area contributed by atoms with E-state index in [9.17, 15) is 9.59 Å². The minimum Gasteiger partial charge on any atom is -0.458 e. The quantitative estimate of drug-likeness (QED) is 0.797. The van der Waals surface area contributed by atoms with Crippen LogP contribution in [0.1, 0.15) is 62.8 Å². The second kappa shape index (κ2) is 7.49. The smallest absolute Gasteiger partial charge is 0.355 e. The Morgan fingerprint density at radius 1 is 1.30 bits per heavy atom. The Balaban J connectivity index is 1.52. The van der Waals surface area contributed by atoms with Gasteiger partial charge in [-0.25, -0.2) is 4.79 Å². The molecule has 0 radical (unpaired) electrons. The number of ether oxygens (including phenoxy) is 2. The monoisotopic (exact) mass is 387 g/mol. The first-order valence-corrected chi connectivity index (χ1v) is 9.69. The van der Waals surface area contributed by atoms with E-state index < -0.39 is 5.97 Å². The fraction of sp³-hybridized carbons (Fsp3) is 0.429. The third-order valence-corrected chi connectivity index (χ3v) is 5.71. The molecule has 1 aromatic carbocycles. The van der Waals surface area contributed by atoms with Crippen LogP contribution in [0.4, 0.5) is 0 Å². The second-order valence-electron chi connectivity index (χ2n) is 7.29. The first-order valence-electron chi connectivity index (χ1n) is 9.31. The summed E-state index contributed by atoms with van der Waals surface area (Å²) in [6.07, 6.45) is 3.00. The molecule has 2 aliphatic rings. The van der Waals surface area contributed by atoms with Crippen molar-refractivity contribution < 1.29 is 19.1 Å². The molecule has 1 aliphatic carbocycles. The minimum absolute atomic E-state index is 0.0187. The number of Topliss-reactive ketones (excluding diaryl/α,β-unsaturated/α-hetero) is 1. The summed E-state index contributed by atoms with van der Waals surface area (Å²) in [7, 11) is 0. The van der Waals surface area contributed by atoms with Gasteiger partial charge in [0.05, 0.1) is 6.10 Å². The summed E-state index contributed by atoms with van der Waals surface area (Å²) in [5.74, 6) is -0.285. The first-order chi connectivity index (χ1) is 13.0. The van der Waals surface area contributed by atoms with Gasteiger partial charge in [0, 0.05) is 29.3 Å². The molecule has 1 aromatic heterocycles. The number of ketones is 1. The molecule has 4 rings (SSSR count). The van der Waals surface area contributed by atoms with Crippen LogP contribution in [0.3, 0.4) is 0 Å². The number of fused-ring (bicyclic) bond motifs is 1. The van der Waals surface area contributed by atoms with Gasteiger partial charge in [0.15, 0.2) is 5.78 Å². The number of esters is 1. The van der Waals surface area contributed by atoms with Gasteiger partial charge >= 0.3 is 5.97 Å². The molecular formula is C21H22ClNO4. The van der Waals surface area contributed by atoms with Gasteiger partial charge < -0.3 is 14.5 Å². The van der Waals surface area contributed by atoms with Crippen LogP contribution in [0.25, 0.3) is 0 Å². The molecule has 2 heterocycles. The topological polar surface area (TPSA) is 68.4 Å². The lowest BCUT2D eigenvalue weighted by atomic mass is 9.81. The lowest BCUT2D eigenvalue weighted by Gasteiger charge is -2.22. The molecule has 6 heteroatoms. The van der Waals surface area contributed by atoms with Crippen molar-refractivity contribution in [3.8, 4) is 0 Å². The molecule has 2 atom stereocenters. The Labute approximate surface area is 163 Å². The molecule has 142 valence electrons. The Bertz CT molecular complexity index is 865. The van der Waals surface area contributed by atoms with Gasteiger partial charge in [-0.05, 0) is 55.4 Å². The zero-order valence-electron chi connectivity index (χ0n) is 15.2. The molecule has 1 fully saturated rings. The van der Waals surface area contributed by atoms with E-state index in [1.165, 1.54) is 0 Å². The average Bonchev–Trinajstić information content (AvgIpc) is 3.28. The van der Waals surface area contributed by atoms with E-state index >= 15 is 0 Å². The van der Waals surface area contributed by atoms with Crippen LogP contribution in [0.5, 0.6) is 0 Å². The second-order valence-corrected chi connectivity index (χ2v) is 7.73. The Hall–Kier alpha value is -2.11. The molecule has 1 N–H and O–H groups in total. The summed E-state index contributed by atoms with van der Waals surface area (Å²) in [5, 5.41) is 0.675. The lowest BCUT2D eigenvalue weighted by molar-refractivity contribution is 0.0156. The fourth-order valence-corrected chi connectivity index (χ4v) is 4.15. The number of nitrogens with one attached hydrogen (secondary N) is 1. The first kappa shape index (κ1) is 18.3. The number of carbonyl (C=O) groups excluding carboxylic acids is 2. The zero-order chi connectivity index (χ0) is 19.0. The number of benzene rings is 1. The third-order valence-electron chi connectivity index (χ3n) is 5.46. The molecule has 0 saturated carbocycles. The van der Waals surface area contributed by atoms with Crippen LogP contribution < -0.4 is 0 Å². The number of aromatic nitrogens is 1. The van der Waals surface area contributed by atoms with Crippen molar-refractivity contribution >= 4 is 23.4 Å². The summed E-state index contributed by atoms with van der Waals surface area (Å²) in [5.41, 5.74) is 3.59. The van der Waals surface area contributed by atoms with Crippen molar-refractivity contribution in [2.75, 3.05) is 13.2 Å². The van der Waals surface area contributed by atoms with Crippen molar-refractivity contribution in [1.29, 1.82) is 0 Å². The van der Waals surface area contributed by atoms with Crippen molar-refractivity contribution in [2.24, 2.45) is 0 Å². The fourth-order valence-electron chi connectivity index (χ4n) is 4.02. The summed E-state index contributed by atoms with van der Waals surface area (Å²) >= 11 is 5.96. The molecule has 0 unspecified atom stereocenters. The number of H-pyrrole nitrogens is 1. The molecule has 27 heavy (non-hydrogen) atoms. The SMILES string of the molecule is Cc1c(C(=O)OC[C@@H]2CCCO2)[nH]c2c1C(=O)C[C@@H](c1ccc(Cl)cc1)C2. The molecule has 0 spiro atoms. The standard InChI is InChI=1S/C21H22ClNO4/c1-12-19-17(23-20(12)21(25)27-11-16-3-2-8-26-16)9-14(10-18(19)24)13-4-6-15(22)7-5-13/h4-7,14,16,23H,2-3,8-11H2,1H3/t14-,16-/m0/s1. The number of halogens is 1. The van der Waals surface area contributed by atoms with Crippen molar-refractivity contribution in [1.82, 2.24) is 4.98 Å². The summed E-state index contributed by atoms with van der Waals surface area (Å²) in [4.78, 5) is 28.4. The van der Waals surface area contributed by atoms with E-state index in [4.69, 9.17) is 21.1 Å². The Kier molecular flexibility index (Phi) is 5.06. The van der Waals surface area contributed by atoms with Gasteiger partial charge in [0.25, 0.3) is 0 Å². The number of aromatic amines is 1. The van der Waals surface area contributed by atoms with E-state index in [0.29, 0.717) is 34.7 Å². The van der Waals surface area contributed by atoms with E-state index in [-0.39, 0.29) is 24.4 Å². The van der Waals surface area contributed by atoms with Crippen LogP contribution >= 0.6 is 11.6 Å². The van der Waals surface area contributed by atoms with Crippen LogP contribution in [0, 0.1) is 6.92 Å². The molecule has 2 aromatic rings. The lowest BCUT2D eigenvalue weighted by Crippen LogP contribution is -2.18. The molecule has 5 nitrogen and oxygen atoms in total. The maximum absolute atomic E-state index is 12.7. The van der Waals surface area contributed by atoms with Gasteiger partial charge in [-0.1, -0.05) is 23.7 Å². The van der Waals surface area contributed by atoms with Crippen molar-refractivity contribution in [2.45, 2.75) is 44.6 Å². The van der Waals surface area contributed by atoms with E-state index in [0.717, 1.165) is 30.7 Å². The van der Waals surface area contributed by atoms with Crippen molar-refractivity contribution in [3.63, 3.8) is 0 Å². The van der Waals surface area contributed by atoms with Crippen LogP contribution in [-0.2, 0) is 15.9 Å². The number of hydrogen-bond acceptors (Lipinski definition) is 4. The van der Waals surface area contributed by atoms with E-state index in [1.54, 1.807) is 6.92 Å². The normalized spacial score (nSPS) is 21.9. The summed E-state index contributed by atoms with van der Waals surface area (Å²) in [6.45, 7) is 2.78. The van der Waals surface area contributed by atoms with Gasteiger partial charge in [-0.2, -0.15) is 0 Å². The highest BCUT2D eigenvalue weighted by Gasteiger charge is 2.32. The highest BCUT2D eigenvalue weighted by atomic mass is 35.5. The number of carbonyl (C=O) groups is 2. The molecule has 1 aliphatic heterocycles. The van der Waals surface area contributed by atoms with E-state index in [1.807, 2.05) is 24.3 Å². The van der Waals surface area contributed by atoms with E-state index in [2.05, 4.69) is 4.98 Å². The molecule has 1 saturated heterocycles. The molecule has 0 amide bonds. The number of rotatable bonds is 4. The highest BCUT2D eigenvalue weighted by Crippen LogP contribution is 2.35. The van der Waals surface area contributed by atoms with Gasteiger partial charge in [0.2, 0.25) is 0 Å². The van der Waals surface area contributed by atoms with Crippen LogP contribution in [0.15, 0.2) is 24.3 Å². The predicted molar refractivity (Wildman–Crippen MR) is 102 cm³/mol. The molecular weight excluding hydrogens is 366 g/mol. The minimum atomic E-state index is -0.423. The largest absolute Gasteiger partial charge is 0.458 e. The Morgan fingerprint density at radius 2 is 2.07 bits per heavy atom. The maximum Gasteiger partial charge on any atom is 0.355 e. The van der Waals surface area contributed by atoms with Gasteiger partial charge in [0.1, 0.15) is 12.3 Å². The van der Waals surface area contributed by atoms with Gasteiger partial charge in [-0.3, -0.25) is 4.79 Å². The maximum atomic E-state index is 12.7. The third kappa shape index (κ3) is 3.66. The molecule has 0 bridgehead atoms. The van der Waals surface area contributed by atoms with Crippen molar-refractivity contribution in [3.05, 3.63) is 57.4 Å². The number of hydrogen-bond donors (Lipinski definition) is 1. The zero-order valence-corrected chi connectivity index (χ0v) is 16.0.